The van der Waals surface area contributed by atoms with Crippen LogP contribution in [0.1, 0.15) is 46.1 Å². The van der Waals surface area contributed by atoms with Crippen LogP contribution in [0, 0.1) is 0 Å². The number of hydrogen-bond acceptors (Lipinski definition) is 7. The third-order valence-corrected chi connectivity index (χ3v) is 9.67. The molecule has 0 bridgehead atoms. The number of methoxy groups -OCH3 is 1. The number of rotatable bonds is 6. The van der Waals surface area contributed by atoms with Crippen LogP contribution >= 0.6 is 23.2 Å². The lowest BCUT2D eigenvalue weighted by Gasteiger charge is -2.31. The monoisotopic (exact) mass is 590 g/mol. The van der Waals surface area contributed by atoms with E-state index in [0.29, 0.717) is 65.2 Å². The smallest absolute Gasteiger partial charge is 0.258 e. The van der Waals surface area contributed by atoms with Gasteiger partial charge in [-0.15, -0.1) is 0 Å². The molecule has 1 saturated heterocycles. The van der Waals surface area contributed by atoms with Crippen molar-refractivity contribution in [3.63, 3.8) is 0 Å². The van der Waals surface area contributed by atoms with Crippen molar-refractivity contribution in [1.82, 2.24) is 14.5 Å². The molecule has 0 radical (unpaired) electrons. The third kappa shape index (κ3) is 5.92. The first-order valence-corrected chi connectivity index (χ1v) is 15.2. The van der Waals surface area contributed by atoms with Crippen molar-refractivity contribution >= 4 is 44.9 Å². The van der Waals surface area contributed by atoms with Crippen LogP contribution in [0.5, 0.6) is 5.75 Å². The number of ether oxygens (including phenoxy) is 1. The molecule has 3 heterocycles. The maximum atomic E-state index is 13.8. The minimum atomic E-state index is -3.11. The van der Waals surface area contributed by atoms with E-state index < -0.39 is 9.84 Å². The van der Waals surface area contributed by atoms with E-state index in [2.05, 4.69) is 5.32 Å². The summed E-state index contributed by atoms with van der Waals surface area (Å²) >= 11 is 12.1. The largest absolute Gasteiger partial charge is 0.497 e. The van der Waals surface area contributed by atoms with Gasteiger partial charge in [-0.25, -0.2) is 13.4 Å². The highest BCUT2D eigenvalue weighted by Gasteiger charge is 2.31. The Bertz CT molecular complexity index is 1560. The van der Waals surface area contributed by atoms with Crippen molar-refractivity contribution in [1.29, 1.82) is 0 Å². The Morgan fingerprint density at radius 2 is 1.82 bits per heavy atom. The normalized spacial score (nSPS) is 16.9. The molecule has 0 aliphatic carbocycles. The zero-order valence-electron chi connectivity index (χ0n) is 21.3. The Morgan fingerprint density at radius 3 is 2.49 bits per heavy atom. The minimum absolute atomic E-state index is 0.0328. The summed E-state index contributed by atoms with van der Waals surface area (Å²) < 4.78 is 31.0. The fraction of sp³-hybridized carbons (Fsp3) is 0.370. The lowest BCUT2D eigenvalue weighted by Crippen LogP contribution is -2.42. The summed E-state index contributed by atoms with van der Waals surface area (Å²) in [7, 11) is -1.51. The molecule has 3 aromatic rings. The molecular weight excluding hydrogens is 563 g/mol. The number of benzene rings is 2. The number of halogens is 2. The quantitative estimate of drug-likeness (QED) is 0.459. The highest BCUT2D eigenvalue weighted by atomic mass is 35.5. The number of amides is 1. The number of aromatic nitrogens is 2. The number of nitrogens with zero attached hydrogens (tertiary/aromatic N) is 3. The molecule has 1 amide bonds. The third-order valence-electron chi connectivity index (χ3n) is 7.22. The van der Waals surface area contributed by atoms with Gasteiger partial charge in [0.25, 0.3) is 11.5 Å². The minimum Gasteiger partial charge on any atom is -0.497 e. The van der Waals surface area contributed by atoms with Crippen LogP contribution in [0.3, 0.4) is 0 Å². The number of carbonyl (C=O) groups excluding carboxylic acids is 1. The van der Waals surface area contributed by atoms with Crippen LogP contribution in [0.15, 0.2) is 47.3 Å². The Hall–Kier alpha value is -3.08. The average molecular weight is 592 g/mol. The molecule has 206 valence electrons. The maximum absolute atomic E-state index is 13.8. The first-order chi connectivity index (χ1) is 18.6. The van der Waals surface area contributed by atoms with Gasteiger partial charge in [0.1, 0.15) is 15.6 Å². The fourth-order valence-corrected chi connectivity index (χ4v) is 6.78. The van der Waals surface area contributed by atoms with E-state index in [1.165, 1.54) is 6.07 Å². The lowest BCUT2D eigenvalue weighted by molar-refractivity contribution is 0.0731. The number of nitrogens with one attached hydrogen (secondary N) is 1. The van der Waals surface area contributed by atoms with Gasteiger partial charge in [0, 0.05) is 30.3 Å². The number of carbonyl (C=O) groups is 1. The maximum Gasteiger partial charge on any atom is 0.258 e. The standard InChI is InChI=1S/C27H28Cl2N4O5S/c1-38-20-5-2-17(3-6-20)15-30-27-31-24-16-32(25(34)18-4-7-22(28)23(29)14-18)11-8-21(24)26(35)33(27)19-9-12-39(36,37)13-10-19/h2-7,14,19H,8-13,15-16H2,1H3,(H,30,31). The molecule has 0 atom stereocenters. The van der Waals surface area contributed by atoms with Crippen molar-refractivity contribution in [2.45, 2.75) is 38.4 Å². The summed E-state index contributed by atoms with van der Waals surface area (Å²) in [6.45, 7) is 0.910. The van der Waals surface area contributed by atoms with E-state index in [0.717, 1.165) is 11.3 Å². The van der Waals surface area contributed by atoms with Crippen LogP contribution < -0.4 is 15.6 Å². The van der Waals surface area contributed by atoms with Crippen molar-refractivity contribution in [3.05, 3.63) is 85.2 Å². The van der Waals surface area contributed by atoms with Crippen molar-refractivity contribution in [2.24, 2.45) is 0 Å². The molecule has 2 aliphatic rings. The molecule has 5 rings (SSSR count). The highest BCUT2D eigenvalue weighted by Crippen LogP contribution is 2.28. The summed E-state index contributed by atoms with van der Waals surface area (Å²) in [6, 6.07) is 12.0. The first kappa shape index (κ1) is 27.5. The summed E-state index contributed by atoms with van der Waals surface area (Å²) in [6.07, 6.45) is 1.04. The molecule has 0 unspecified atom stereocenters. The van der Waals surface area contributed by atoms with Crippen LogP contribution in [0.2, 0.25) is 10.0 Å². The molecule has 39 heavy (non-hydrogen) atoms. The molecule has 0 spiro atoms. The zero-order valence-corrected chi connectivity index (χ0v) is 23.7. The second-order valence-corrected chi connectivity index (χ2v) is 12.8. The topological polar surface area (TPSA) is 111 Å². The molecule has 9 nitrogen and oxygen atoms in total. The second kappa shape index (κ2) is 11.2. The summed E-state index contributed by atoms with van der Waals surface area (Å²) in [4.78, 5) is 33.5. The van der Waals surface area contributed by atoms with E-state index in [-0.39, 0.29) is 35.6 Å². The molecule has 2 aliphatic heterocycles. The Balaban J connectivity index is 1.46. The van der Waals surface area contributed by atoms with Crippen LogP contribution in [0.4, 0.5) is 5.95 Å². The average Bonchev–Trinajstić information content (AvgIpc) is 2.93. The van der Waals surface area contributed by atoms with Gasteiger partial charge in [0.15, 0.2) is 0 Å². The Labute approximate surface area is 236 Å². The van der Waals surface area contributed by atoms with Gasteiger partial charge >= 0.3 is 0 Å². The number of sulfone groups is 1. The van der Waals surface area contributed by atoms with Crippen molar-refractivity contribution < 1.29 is 17.9 Å². The highest BCUT2D eigenvalue weighted by molar-refractivity contribution is 7.91. The predicted molar refractivity (Wildman–Crippen MR) is 151 cm³/mol. The first-order valence-electron chi connectivity index (χ1n) is 12.6. The SMILES string of the molecule is COc1ccc(CNc2nc3c(c(=O)n2C2CCS(=O)(=O)CC2)CCN(C(=O)c2ccc(Cl)c(Cl)c2)C3)cc1. The summed E-state index contributed by atoms with van der Waals surface area (Å²) in [5, 5.41) is 3.95. The molecule has 1 N–H and O–H groups in total. The van der Waals surface area contributed by atoms with Crippen molar-refractivity contribution in [2.75, 3.05) is 30.5 Å². The molecule has 12 heteroatoms. The summed E-state index contributed by atoms with van der Waals surface area (Å²) in [5.74, 6) is 0.937. The molecule has 1 fully saturated rings. The molecule has 0 saturated carbocycles. The van der Waals surface area contributed by atoms with Crippen molar-refractivity contribution in [3.8, 4) is 5.75 Å². The fourth-order valence-electron chi connectivity index (χ4n) is 5.01. The number of fused-ring (bicyclic) bond motifs is 1. The van der Waals surface area contributed by atoms with Crippen LogP contribution in [0.25, 0.3) is 0 Å². The Kier molecular flexibility index (Phi) is 7.89. The van der Waals surface area contributed by atoms with Crippen LogP contribution in [-0.4, -0.2) is 53.9 Å². The van der Waals surface area contributed by atoms with Gasteiger partial charge in [-0.05, 0) is 55.2 Å². The van der Waals surface area contributed by atoms with Crippen LogP contribution in [-0.2, 0) is 29.3 Å². The zero-order chi connectivity index (χ0) is 27.7. The Morgan fingerprint density at radius 1 is 1.10 bits per heavy atom. The van der Waals surface area contributed by atoms with Gasteiger partial charge in [0.2, 0.25) is 5.95 Å². The second-order valence-electron chi connectivity index (χ2n) is 9.73. The molecule has 2 aromatic carbocycles. The van der Waals surface area contributed by atoms with Gasteiger partial charge in [-0.1, -0.05) is 35.3 Å². The van der Waals surface area contributed by atoms with E-state index in [1.807, 2.05) is 24.3 Å². The van der Waals surface area contributed by atoms with E-state index in [9.17, 15) is 18.0 Å². The van der Waals surface area contributed by atoms with Gasteiger partial charge in [0.05, 0.1) is 40.9 Å². The predicted octanol–water partition coefficient (Wildman–Crippen LogP) is 4.12. The molecule has 1 aromatic heterocycles. The molecular formula is C27H28Cl2N4O5S. The summed E-state index contributed by atoms with van der Waals surface area (Å²) in [5.41, 5.74) is 2.25. The van der Waals surface area contributed by atoms with Gasteiger partial charge in [-0.2, -0.15) is 0 Å². The van der Waals surface area contributed by atoms with E-state index in [1.54, 1.807) is 28.7 Å². The number of hydrogen-bond donors (Lipinski definition) is 1. The van der Waals surface area contributed by atoms with Gasteiger partial charge < -0.3 is 15.0 Å². The number of anilines is 1. The lowest BCUT2D eigenvalue weighted by atomic mass is 10.0. The van der Waals surface area contributed by atoms with E-state index in [4.69, 9.17) is 32.9 Å². The van der Waals surface area contributed by atoms with E-state index >= 15 is 0 Å². The van der Waals surface area contributed by atoms with Gasteiger partial charge in [-0.3, -0.25) is 14.2 Å².